The summed E-state index contributed by atoms with van der Waals surface area (Å²) in [6, 6.07) is 0. The van der Waals surface area contributed by atoms with Crippen LogP contribution in [-0.4, -0.2) is 60.5 Å². The first kappa shape index (κ1) is 16.2. The summed E-state index contributed by atoms with van der Waals surface area (Å²) >= 11 is 0. The minimum absolute atomic E-state index is 0.122. The monoisotopic (exact) mass is 330 g/mol. The zero-order valence-electron chi connectivity index (χ0n) is 14.7. The lowest BCUT2D eigenvalue weighted by Gasteiger charge is -2.30. The van der Waals surface area contributed by atoms with Crippen LogP contribution < -0.4 is 9.80 Å². The van der Waals surface area contributed by atoms with Gasteiger partial charge in [-0.3, -0.25) is 4.79 Å². The van der Waals surface area contributed by atoms with Gasteiger partial charge >= 0.3 is 0 Å². The van der Waals surface area contributed by atoms with Gasteiger partial charge in [-0.05, 0) is 13.3 Å². The van der Waals surface area contributed by atoms with Crippen molar-refractivity contribution in [1.29, 1.82) is 0 Å². The van der Waals surface area contributed by atoms with E-state index in [4.69, 9.17) is 4.42 Å². The third-order valence-electron chi connectivity index (χ3n) is 4.09. The summed E-state index contributed by atoms with van der Waals surface area (Å²) in [4.78, 5) is 31.6. The molecule has 0 bridgehead atoms. The second-order valence-corrected chi connectivity index (χ2v) is 6.30. The van der Waals surface area contributed by atoms with E-state index in [1.54, 1.807) is 11.8 Å². The number of aromatic nitrogens is 3. The third kappa shape index (κ3) is 2.79. The number of oxazole rings is 1. The molecule has 1 aliphatic rings. The Balaban J connectivity index is 1.95. The number of amides is 1. The summed E-state index contributed by atoms with van der Waals surface area (Å²) in [5, 5.41) is 0. The highest BCUT2D eigenvalue weighted by Gasteiger charge is 2.28. The zero-order valence-corrected chi connectivity index (χ0v) is 14.7. The van der Waals surface area contributed by atoms with Crippen LogP contribution in [0.15, 0.2) is 10.8 Å². The molecule has 0 aromatic carbocycles. The van der Waals surface area contributed by atoms with Crippen molar-refractivity contribution in [2.24, 2.45) is 0 Å². The number of carbonyl (C=O) groups excluding carboxylic acids is 1. The molecule has 2 aromatic heterocycles. The first-order valence-corrected chi connectivity index (χ1v) is 7.82. The van der Waals surface area contributed by atoms with Crippen molar-refractivity contribution >= 4 is 17.7 Å². The van der Waals surface area contributed by atoms with Gasteiger partial charge in [-0.1, -0.05) is 0 Å². The predicted molar refractivity (Wildman–Crippen MR) is 90.4 cm³/mol. The van der Waals surface area contributed by atoms with Crippen LogP contribution >= 0.6 is 0 Å². The number of carbonyl (C=O) groups is 1. The van der Waals surface area contributed by atoms with E-state index in [9.17, 15) is 4.79 Å². The van der Waals surface area contributed by atoms with Gasteiger partial charge in [0.2, 0.25) is 5.95 Å². The lowest BCUT2D eigenvalue weighted by Crippen LogP contribution is -2.38. The fourth-order valence-corrected chi connectivity index (χ4v) is 2.80. The van der Waals surface area contributed by atoms with Crippen LogP contribution in [-0.2, 0) is 13.0 Å². The summed E-state index contributed by atoms with van der Waals surface area (Å²) in [6.45, 7) is 2.81. The first-order valence-electron chi connectivity index (χ1n) is 7.82. The highest BCUT2D eigenvalue weighted by atomic mass is 16.3. The van der Waals surface area contributed by atoms with Crippen LogP contribution in [0.2, 0.25) is 0 Å². The maximum Gasteiger partial charge on any atom is 0.276 e. The molecular formula is C16H22N6O2. The van der Waals surface area contributed by atoms with Crippen LogP contribution in [0.1, 0.15) is 27.5 Å². The van der Waals surface area contributed by atoms with Crippen molar-refractivity contribution in [2.75, 3.05) is 44.5 Å². The van der Waals surface area contributed by atoms with Gasteiger partial charge < -0.3 is 19.1 Å². The molecule has 0 fully saturated rings. The van der Waals surface area contributed by atoms with E-state index in [0.29, 0.717) is 30.5 Å². The highest BCUT2D eigenvalue weighted by molar-refractivity contribution is 5.93. The SMILES string of the molecule is Cc1ocnc1C(=O)N1CCc2c(nc(N(C)C)nc2N(C)C)C1. The Labute approximate surface area is 141 Å². The quantitative estimate of drug-likeness (QED) is 0.834. The molecule has 128 valence electrons. The van der Waals surface area contributed by atoms with E-state index in [1.165, 1.54) is 6.39 Å². The lowest BCUT2D eigenvalue weighted by molar-refractivity contribution is 0.0725. The van der Waals surface area contributed by atoms with Crippen LogP contribution in [0.4, 0.5) is 11.8 Å². The van der Waals surface area contributed by atoms with Crippen molar-refractivity contribution in [1.82, 2.24) is 19.9 Å². The number of hydrogen-bond acceptors (Lipinski definition) is 7. The van der Waals surface area contributed by atoms with Crippen molar-refractivity contribution in [3.63, 3.8) is 0 Å². The molecule has 1 aliphatic heterocycles. The summed E-state index contributed by atoms with van der Waals surface area (Å²) in [5.41, 5.74) is 2.36. The minimum Gasteiger partial charge on any atom is -0.448 e. The molecule has 24 heavy (non-hydrogen) atoms. The molecule has 3 heterocycles. The van der Waals surface area contributed by atoms with Crippen molar-refractivity contribution in [3.05, 3.63) is 29.1 Å². The Kier molecular flexibility index (Phi) is 4.13. The molecule has 0 aliphatic carbocycles. The molecule has 8 nitrogen and oxygen atoms in total. The maximum atomic E-state index is 12.7. The van der Waals surface area contributed by atoms with Crippen LogP contribution in [0, 0.1) is 6.92 Å². The average molecular weight is 330 g/mol. The van der Waals surface area contributed by atoms with E-state index in [0.717, 1.165) is 23.5 Å². The van der Waals surface area contributed by atoms with Gasteiger partial charge in [-0.15, -0.1) is 0 Å². The van der Waals surface area contributed by atoms with Crippen LogP contribution in [0.3, 0.4) is 0 Å². The van der Waals surface area contributed by atoms with Gasteiger partial charge in [0.15, 0.2) is 12.1 Å². The van der Waals surface area contributed by atoms with Crippen molar-refractivity contribution in [3.8, 4) is 0 Å². The second-order valence-electron chi connectivity index (χ2n) is 6.30. The van der Waals surface area contributed by atoms with Gasteiger partial charge in [0.25, 0.3) is 5.91 Å². The van der Waals surface area contributed by atoms with E-state index < -0.39 is 0 Å². The smallest absolute Gasteiger partial charge is 0.276 e. The van der Waals surface area contributed by atoms with Crippen LogP contribution in [0.25, 0.3) is 0 Å². The number of nitrogens with zero attached hydrogens (tertiary/aromatic N) is 6. The zero-order chi connectivity index (χ0) is 17.4. The third-order valence-corrected chi connectivity index (χ3v) is 4.09. The molecule has 0 saturated carbocycles. The number of fused-ring (bicyclic) bond motifs is 1. The number of rotatable bonds is 3. The van der Waals surface area contributed by atoms with E-state index in [-0.39, 0.29) is 5.91 Å². The first-order chi connectivity index (χ1) is 11.4. The largest absolute Gasteiger partial charge is 0.448 e. The molecule has 0 radical (unpaired) electrons. The molecule has 8 heteroatoms. The summed E-state index contributed by atoms with van der Waals surface area (Å²) in [7, 11) is 7.76. The number of anilines is 2. The fourth-order valence-electron chi connectivity index (χ4n) is 2.80. The van der Waals surface area contributed by atoms with Crippen molar-refractivity contribution in [2.45, 2.75) is 19.9 Å². The van der Waals surface area contributed by atoms with Crippen molar-refractivity contribution < 1.29 is 9.21 Å². The topological polar surface area (TPSA) is 78.6 Å². The Hall–Kier alpha value is -2.64. The lowest BCUT2D eigenvalue weighted by atomic mass is 10.0. The Bertz CT molecular complexity index is 768. The standard InChI is InChI=1S/C16H22N6O2/c1-10-13(17-9-24-10)15(23)22-7-6-11-12(8-22)18-16(21(4)5)19-14(11)20(2)3/h9H,6-8H2,1-5H3. The summed E-state index contributed by atoms with van der Waals surface area (Å²) in [5.74, 6) is 1.97. The van der Waals surface area contributed by atoms with Gasteiger partial charge in [0, 0.05) is 40.3 Å². The fraction of sp³-hybridized carbons (Fsp3) is 0.500. The van der Waals surface area contributed by atoms with Crippen LogP contribution in [0.5, 0.6) is 0 Å². The van der Waals surface area contributed by atoms with Gasteiger partial charge in [0.1, 0.15) is 11.6 Å². The van der Waals surface area contributed by atoms with E-state index >= 15 is 0 Å². The average Bonchev–Trinajstić information content (AvgIpc) is 2.98. The normalized spacial score (nSPS) is 13.6. The molecule has 3 rings (SSSR count). The summed E-state index contributed by atoms with van der Waals surface area (Å²) in [6.07, 6.45) is 2.02. The Morgan fingerprint density at radius 2 is 1.96 bits per heavy atom. The number of hydrogen-bond donors (Lipinski definition) is 0. The van der Waals surface area contributed by atoms with E-state index in [1.807, 2.05) is 38.0 Å². The molecule has 0 unspecified atom stereocenters. The molecule has 0 spiro atoms. The maximum absolute atomic E-state index is 12.7. The molecule has 0 atom stereocenters. The molecule has 0 saturated heterocycles. The minimum atomic E-state index is -0.122. The molecule has 2 aromatic rings. The van der Waals surface area contributed by atoms with Gasteiger partial charge in [0.05, 0.1) is 12.2 Å². The Morgan fingerprint density at radius 1 is 1.21 bits per heavy atom. The Morgan fingerprint density at radius 3 is 2.54 bits per heavy atom. The highest BCUT2D eigenvalue weighted by Crippen LogP contribution is 2.28. The molecular weight excluding hydrogens is 308 g/mol. The molecule has 0 N–H and O–H groups in total. The predicted octanol–water partition coefficient (Wildman–Crippen LogP) is 1.10. The van der Waals surface area contributed by atoms with E-state index in [2.05, 4.69) is 15.0 Å². The number of aryl methyl sites for hydroxylation is 1. The molecule has 1 amide bonds. The van der Waals surface area contributed by atoms with Gasteiger partial charge in [-0.25, -0.2) is 9.97 Å². The summed E-state index contributed by atoms with van der Waals surface area (Å²) < 4.78 is 5.15. The van der Waals surface area contributed by atoms with Gasteiger partial charge in [-0.2, -0.15) is 4.98 Å². The second kappa shape index (κ2) is 6.10.